The van der Waals surface area contributed by atoms with Gasteiger partial charge in [0.2, 0.25) is 0 Å². The van der Waals surface area contributed by atoms with E-state index in [-0.39, 0.29) is 12.1 Å². The quantitative estimate of drug-likeness (QED) is 0.514. The second kappa shape index (κ2) is 8.62. The molecule has 0 atom stereocenters. The molecule has 2 aliphatic heterocycles. The Kier molecular flexibility index (Phi) is 5.78. The number of hydrogen-bond acceptors (Lipinski definition) is 6. The molecule has 0 bridgehead atoms. The zero-order valence-corrected chi connectivity index (χ0v) is 16.1. The average Bonchev–Trinajstić information content (AvgIpc) is 3.37. The topological polar surface area (TPSA) is 107 Å². The van der Waals surface area contributed by atoms with E-state index in [1.807, 2.05) is 12.1 Å². The van der Waals surface area contributed by atoms with Crippen LogP contribution in [-0.4, -0.2) is 48.2 Å². The van der Waals surface area contributed by atoms with E-state index in [4.69, 9.17) is 5.73 Å². The molecule has 1 aromatic rings. The van der Waals surface area contributed by atoms with Gasteiger partial charge in [0.05, 0.1) is 11.4 Å². The molecule has 6 N–H and O–H groups in total. The highest BCUT2D eigenvalue weighted by Gasteiger charge is 2.20. The summed E-state index contributed by atoms with van der Waals surface area (Å²) in [6.07, 6.45) is 9.71. The first-order valence-electron chi connectivity index (χ1n) is 10.2. The molecular formula is C20H29N7O. The summed E-state index contributed by atoms with van der Waals surface area (Å²) in [7, 11) is 0. The number of urea groups is 1. The summed E-state index contributed by atoms with van der Waals surface area (Å²) in [5.41, 5.74) is 13.2. The first-order chi connectivity index (χ1) is 13.7. The molecular weight excluding hydrogens is 354 g/mol. The van der Waals surface area contributed by atoms with Crippen LogP contribution >= 0.6 is 0 Å². The van der Waals surface area contributed by atoms with Crippen LogP contribution in [0.3, 0.4) is 0 Å². The molecule has 3 heterocycles. The number of carbonyl (C=O) groups is 1. The molecule has 1 aromatic heterocycles. The van der Waals surface area contributed by atoms with Crippen LogP contribution in [0.1, 0.15) is 37.8 Å². The van der Waals surface area contributed by atoms with Crippen molar-refractivity contribution in [2.75, 3.05) is 36.8 Å². The highest BCUT2D eigenvalue weighted by atomic mass is 16.2. The van der Waals surface area contributed by atoms with Gasteiger partial charge >= 0.3 is 6.03 Å². The van der Waals surface area contributed by atoms with E-state index >= 15 is 0 Å². The van der Waals surface area contributed by atoms with Crippen molar-refractivity contribution in [3.05, 3.63) is 35.2 Å². The van der Waals surface area contributed by atoms with Crippen LogP contribution in [0.25, 0.3) is 6.08 Å². The molecule has 28 heavy (non-hydrogen) atoms. The van der Waals surface area contributed by atoms with Crippen LogP contribution in [0.4, 0.5) is 16.3 Å². The third kappa shape index (κ3) is 4.45. The zero-order chi connectivity index (χ0) is 19.3. The van der Waals surface area contributed by atoms with E-state index in [9.17, 15) is 4.79 Å². The SMILES string of the molecule is NCCCN1C=C(C2=Cc3nc(NC(=O)NC4CCCC4)ccc3NC2)CN1. The first-order valence-corrected chi connectivity index (χ1v) is 10.2. The molecule has 8 nitrogen and oxygen atoms in total. The Morgan fingerprint density at radius 1 is 1.25 bits per heavy atom. The van der Waals surface area contributed by atoms with Crippen molar-refractivity contribution in [3.8, 4) is 0 Å². The fourth-order valence-electron chi connectivity index (χ4n) is 3.89. The lowest BCUT2D eigenvalue weighted by Crippen LogP contribution is -2.36. The number of rotatable bonds is 6. The summed E-state index contributed by atoms with van der Waals surface area (Å²) in [5.74, 6) is 0.566. The van der Waals surface area contributed by atoms with Crippen molar-refractivity contribution in [2.24, 2.45) is 5.73 Å². The van der Waals surface area contributed by atoms with Gasteiger partial charge in [0.15, 0.2) is 0 Å². The Morgan fingerprint density at radius 3 is 2.93 bits per heavy atom. The molecule has 1 saturated carbocycles. The number of aromatic nitrogens is 1. The lowest BCUT2D eigenvalue weighted by Gasteiger charge is -2.19. The smallest absolute Gasteiger partial charge is 0.320 e. The number of pyridine rings is 1. The first kappa shape index (κ1) is 18.8. The minimum absolute atomic E-state index is 0.175. The minimum atomic E-state index is -0.175. The Balaban J connectivity index is 1.42. The highest BCUT2D eigenvalue weighted by Crippen LogP contribution is 2.28. The van der Waals surface area contributed by atoms with Gasteiger partial charge in [-0.15, -0.1) is 0 Å². The molecule has 8 heteroatoms. The predicted octanol–water partition coefficient (Wildman–Crippen LogP) is 2.01. The maximum absolute atomic E-state index is 12.2. The Hall–Kier alpha value is -2.58. The molecule has 0 saturated heterocycles. The number of fused-ring (bicyclic) bond motifs is 1. The summed E-state index contributed by atoms with van der Waals surface area (Å²) in [6.45, 7) is 3.16. The van der Waals surface area contributed by atoms with Crippen molar-refractivity contribution in [2.45, 2.75) is 38.1 Å². The molecule has 1 fully saturated rings. The maximum Gasteiger partial charge on any atom is 0.320 e. The van der Waals surface area contributed by atoms with Gasteiger partial charge in [0, 0.05) is 31.9 Å². The highest BCUT2D eigenvalue weighted by molar-refractivity contribution is 5.89. The van der Waals surface area contributed by atoms with Gasteiger partial charge in [0.25, 0.3) is 0 Å². The number of hydrogen-bond donors (Lipinski definition) is 5. The van der Waals surface area contributed by atoms with Crippen LogP contribution < -0.4 is 27.1 Å². The fourth-order valence-corrected chi connectivity index (χ4v) is 3.89. The van der Waals surface area contributed by atoms with Crippen molar-refractivity contribution in [1.82, 2.24) is 20.7 Å². The van der Waals surface area contributed by atoms with Gasteiger partial charge in [0.1, 0.15) is 5.82 Å². The number of nitrogens with one attached hydrogen (secondary N) is 4. The van der Waals surface area contributed by atoms with E-state index in [1.165, 1.54) is 24.0 Å². The lowest BCUT2D eigenvalue weighted by atomic mass is 10.0. The largest absolute Gasteiger partial charge is 0.379 e. The number of carbonyl (C=O) groups excluding carboxylic acids is 1. The average molecular weight is 384 g/mol. The zero-order valence-electron chi connectivity index (χ0n) is 16.1. The lowest BCUT2D eigenvalue weighted by molar-refractivity contribution is 0.248. The third-order valence-corrected chi connectivity index (χ3v) is 5.44. The van der Waals surface area contributed by atoms with E-state index < -0.39 is 0 Å². The number of nitrogens with zero attached hydrogens (tertiary/aromatic N) is 2. The molecule has 0 aromatic carbocycles. The molecule has 4 rings (SSSR count). The summed E-state index contributed by atoms with van der Waals surface area (Å²) in [6, 6.07) is 3.92. The van der Waals surface area contributed by atoms with Gasteiger partial charge < -0.3 is 21.4 Å². The van der Waals surface area contributed by atoms with Gasteiger partial charge in [-0.25, -0.2) is 15.2 Å². The van der Waals surface area contributed by atoms with Crippen molar-refractivity contribution in [3.63, 3.8) is 0 Å². The molecule has 2 amide bonds. The van der Waals surface area contributed by atoms with E-state index in [1.54, 1.807) is 0 Å². The Labute approximate surface area is 165 Å². The van der Waals surface area contributed by atoms with Gasteiger partial charge in [-0.2, -0.15) is 0 Å². The molecule has 1 aliphatic carbocycles. The number of nitrogens with two attached hydrogens (primary N) is 1. The number of anilines is 2. The van der Waals surface area contributed by atoms with Gasteiger partial charge in [-0.3, -0.25) is 5.32 Å². The van der Waals surface area contributed by atoms with Crippen LogP contribution in [-0.2, 0) is 0 Å². The minimum Gasteiger partial charge on any atom is -0.379 e. The molecule has 3 aliphatic rings. The van der Waals surface area contributed by atoms with E-state index in [0.717, 1.165) is 50.3 Å². The van der Waals surface area contributed by atoms with Crippen LogP contribution in [0.2, 0.25) is 0 Å². The summed E-state index contributed by atoms with van der Waals surface area (Å²) in [4.78, 5) is 16.8. The maximum atomic E-state index is 12.2. The molecule has 0 radical (unpaired) electrons. The van der Waals surface area contributed by atoms with Crippen LogP contribution in [0.15, 0.2) is 29.5 Å². The summed E-state index contributed by atoms with van der Waals surface area (Å²) < 4.78 is 0. The molecule has 0 spiro atoms. The summed E-state index contributed by atoms with van der Waals surface area (Å²) in [5, 5.41) is 11.4. The van der Waals surface area contributed by atoms with Gasteiger partial charge in [-0.05, 0) is 55.2 Å². The van der Waals surface area contributed by atoms with Gasteiger partial charge in [-0.1, -0.05) is 12.8 Å². The Morgan fingerprint density at radius 2 is 2.11 bits per heavy atom. The number of hydrazine groups is 1. The van der Waals surface area contributed by atoms with Crippen molar-refractivity contribution >= 4 is 23.6 Å². The van der Waals surface area contributed by atoms with E-state index in [2.05, 4.69) is 43.6 Å². The second-order valence-corrected chi connectivity index (χ2v) is 7.56. The second-order valence-electron chi connectivity index (χ2n) is 7.56. The van der Waals surface area contributed by atoms with Crippen LogP contribution in [0.5, 0.6) is 0 Å². The van der Waals surface area contributed by atoms with E-state index in [0.29, 0.717) is 12.4 Å². The Bertz CT molecular complexity index is 783. The normalized spacial score (nSPS) is 19.0. The summed E-state index contributed by atoms with van der Waals surface area (Å²) >= 11 is 0. The van der Waals surface area contributed by atoms with Crippen molar-refractivity contribution in [1.29, 1.82) is 0 Å². The third-order valence-electron chi connectivity index (χ3n) is 5.44. The number of amides is 2. The standard InChI is InChI=1S/C20H29N7O/c21-8-3-9-27-13-15(12-23-27)14-10-18-17(22-11-14)6-7-19(25-18)26-20(28)24-16-4-1-2-5-16/h6-7,10,13,16,22-23H,1-5,8-9,11-12,21H2,(H2,24,25,26,28). The molecule has 0 unspecified atom stereocenters. The van der Waals surface area contributed by atoms with Crippen molar-refractivity contribution < 1.29 is 4.79 Å². The molecule has 150 valence electrons. The monoisotopic (exact) mass is 383 g/mol. The fraction of sp³-hybridized carbons (Fsp3) is 0.500. The van der Waals surface area contributed by atoms with Crippen LogP contribution in [0, 0.1) is 0 Å². The predicted molar refractivity (Wildman–Crippen MR) is 112 cm³/mol.